The molecule has 0 aromatic heterocycles. The summed E-state index contributed by atoms with van der Waals surface area (Å²) in [6, 6.07) is 4.22. The molecule has 1 aromatic carbocycles. The van der Waals surface area contributed by atoms with E-state index >= 15 is 0 Å². The third kappa shape index (κ3) is 4.20. The maximum atomic E-state index is 12.1. The van der Waals surface area contributed by atoms with Gasteiger partial charge in [-0.1, -0.05) is 6.07 Å². The number of aliphatic hydroxyl groups excluding tert-OH is 3. The van der Waals surface area contributed by atoms with Gasteiger partial charge in [0, 0.05) is 0 Å². The maximum Gasteiger partial charge on any atom is 0.241 e. The normalized spacial score (nSPS) is 13.3. The van der Waals surface area contributed by atoms with Gasteiger partial charge in [0.15, 0.2) is 0 Å². The fourth-order valence-corrected chi connectivity index (χ4v) is 3.46. The molecular formula is C10H16N2O7S2. The average molecular weight is 340 g/mol. The zero-order chi connectivity index (χ0) is 16.3. The van der Waals surface area contributed by atoms with Crippen LogP contribution in [0.15, 0.2) is 34.1 Å². The first-order valence-electron chi connectivity index (χ1n) is 5.60. The Morgan fingerprint density at radius 1 is 1.00 bits per heavy atom. The van der Waals surface area contributed by atoms with Gasteiger partial charge in [-0.15, -0.1) is 0 Å². The fraction of sp³-hybridized carbons (Fsp3) is 0.400. The van der Waals surface area contributed by atoms with E-state index in [9.17, 15) is 16.8 Å². The molecule has 0 saturated heterocycles. The van der Waals surface area contributed by atoms with Crippen LogP contribution in [0.5, 0.6) is 0 Å². The van der Waals surface area contributed by atoms with Crippen LogP contribution in [0.2, 0.25) is 0 Å². The molecule has 0 aliphatic rings. The summed E-state index contributed by atoms with van der Waals surface area (Å²) in [6.45, 7) is -2.56. The van der Waals surface area contributed by atoms with Crippen molar-refractivity contribution in [2.75, 3.05) is 19.8 Å². The highest BCUT2D eigenvalue weighted by atomic mass is 32.2. The third-order valence-electron chi connectivity index (χ3n) is 2.70. The van der Waals surface area contributed by atoms with Crippen molar-refractivity contribution in [3.8, 4) is 0 Å². The van der Waals surface area contributed by atoms with Crippen molar-refractivity contribution in [1.29, 1.82) is 0 Å². The van der Waals surface area contributed by atoms with Crippen LogP contribution in [0.25, 0.3) is 0 Å². The average Bonchev–Trinajstić information content (AvgIpc) is 2.44. The number of hydrogen-bond acceptors (Lipinski definition) is 7. The Bertz CT molecular complexity index is 688. The molecule has 9 nitrogen and oxygen atoms in total. The van der Waals surface area contributed by atoms with Gasteiger partial charge in [0.2, 0.25) is 20.0 Å². The van der Waals surface area contributed by atoms with Crippen molar-refractivity contribution < 1.29 is 32.2 Å². The number of nitrogens with two attached hydrogens (primary N) is 1. The number of primary sulfonamides is 1. The summed E-state index contributed by atoms with van der Waals surface area (Å²) in [5, 5.41) is 32.2. The minimum atomic E-state index is -4.29. The van der Waals surface area contributed by atoms with E-state index in [4.69, 9.17) is 20.5 Å². The number of rotatable bonds is 7. The first-order valence-corrected chi connectivity index (χ1v) is 8.62. The maximum absolute atomic E-state index is 12.1. The summed E-state index contributed by atoms with van der Waals surface area (Å²) in [7, 11) is -8.37. The van der Waals surface area contributed by atoms with E-state index in [2.05, 4.69) is 0 Å². The van der Waals surface area contributed by atoms with Crippen molar-refractivity contribution in [2.45, 2.75) is 15.3 Å². The largest absolute Gasteiger partial charge is 0.394 e. The highest BCUT2D eigenvalue weighted by molar-refractivity contribution is 7.90. The molecule has 6 N–H and O–H groups in total. The van der Waals surface area contributed by atoms with Crippen LogP contribution in [0.4, 0.5) is 0 Å². The highest BCUT2D eigenvalue weighted by Gasteiger charge is 2.34. The number of nitrogens with one attached hydrogen (secondary N) is 1. The minimum absolute atomic E-state index is 0.409. The first-order chi connectivity index (χ1) is 9.60. The van der Waals surface area contributed by atoms with E-state index < -0.39 is 55.2 Å². The third-order valence-corrected chi connectivity index (χ3v) is 5.19. The summed E-state index contributed by atoms with van der Waals surface area (Å²) in [5.41, 5.74) is -1.86. The minimum Gasteiger partial charge on any atom is -0.394 e. The summed E-state index contributed by atoms with van der Waals surface area (Å²) in [5.74, 6) is 0. The van der Waals surface area contributed by atoms with Crippen LogP contribution in [-0.2, 0) is 20.0 Å². The molecule has 0 bridgehead atoms. The van der Waals surface area contributed by atoms with E-state index in [1.165, 1.54) is 6.07 Å². The Kier molecular flexibility index (Phi) is 5.44. The molecular weight excluding hydrogens is 324 g/mol. The second kappa shape index (κ2) is 6.36. The number of aliphatic hydroxyl groups is 3. The van der Waals surface area contributed by atoms with Gasteiger partial charge >= 0.3 is 0 Å². The standard InChI is InChI=1S/C10H16N2O7S2/c11-20(16,17)8-2-1-3-9(4-8)21(18,19)12-10(5-13,6-14)7-15/h1-4,12-15H,5-7H2,(H2,11,16,17). The highest BCUT2D eigenvalue weighted by Crippen LogP contribution is 2.17. The van der Waals surface area contributed by atoms with Crippen molar-refractivity contribution >= 4 is 20.0 Å². The van der Waals surface area contributed by atoms with E-state index in [1.807, 2.05) is 4.72 Å². The molecule has 0 saturated carbocycles. The molecule has 0 aliphatic heterocycles. The predicted molar refractivity (Wildman–Crippen MR) is 72.1 cm³/mol. The zero-order valence-electron chi connectivity index (χ0n) is 10.8. The Morgan fingerprint density at radius 3 is 1.90 bits per heavy atom. The smallest absolute Gasteiger partial charge is 0.241 e. The summed E-state index contributed by atoms with van der Waals surface area (Å²) in [6.07, 6.45) is 0. The van der Waals surface area contributed by atoms with Gasteiger partial charge in [0.1, 0.15) is 5.54 Å². The molecule has 0 aliphatic carbocycles. The number of benzene rings is 1. The number of sulfonamides is 2. The molecule has 0 atom stereocenters. The topological polar surface area (TPSA) is 167 Å². The van der Waals surface area contributed by atoms with Gasteiger partial charge in [0.05, 0.1) is 29.6 Å². The van der Waals surface area contributed by atoms with Gasteiger partial charge in [-0.25, -0.2) is 22.0 Å². The van der Waals surface area contributed by atoms with Crippen molar-refractivity contribution in [3.05, 3.63) is 24.3 Å². The summed E-state index contributed by atoms with van der Waals surface area (Å²) >= 11 is 0. The molecule has 0 fully saturated rings. The zero-order valence-corrected chi connectivity index (χ0v) is 12.4. The van der Waals surface area contributed by atoms with Crippen molar-refractivity contribution in [1.82, 2.24) is 4.72 Å². The molecule has 0 spiro atoms. The molecule has 1 rings (SSSR count). The Hall–Kier alpha value is -1.08. The number of hydrogen-bond donors (Lipinski definition) is 5. The van der Waals surface area contributed by atoms with Gasteiger partial charge < -0.3 is 15.3 Å². The van der Waals surface area contributed by atoms with Crippen LogP contribution >= 0.6 is 0 Å². The fourth-order valence-electron chi connectivity index (χ4n) is 1.41. The second-order valence-corrected chi connectivity index (χ2v) is 7.62. The van der Waals surface area contributed by atoms with E-state index in [1.54, 1.807) is 0 Å². The van der Waals surface area contributed by atoms with Crippen molar-refractivity contribution in [2.24, 2.45) is 5.14 Å². The van der Waals surface area contributed by atoms with Gasteiger partial charge in [-0.2, -0.15) is 4.72 Å². The lowest BCUT2D eigenvalue weighted by atomic mass is 10.1. The molecule has 0 radical (unpaired) electrons. The first kappa shape index (κ1) is 18.0. The van der Waals surface area contributed by atoms with Crippen molar-refractivity contribution in [3.63, 3.8) is 0 Å². The van der Waals surface area contributed by atoms with Crippen LogP contribution in [0, 0.1) is 0 Å². The molecule has 0 heterocycles. The Balaban J connectivity index is 3.26. The summed E-state index contributed by atoms with van der Waals surface area (Å²) < 4.78 is 48.6. The van der Waals surface area contributed by atoms with Crippen LogP contribution < -0.4 is 9.86 Å². The predicted octanol–water partition coefficient (Wildman–Crippen LogP) is -2.67. The molecule has 0 unspecified atom stereocenters. The van der Waals surface area contributed by atoms with Crippen LogP contribution in [0.3, 0.4) is 0 Å². The molecule has 11 heteroatoms. The van der Waals surface area contributed by atoms with Gasteiger partial charge in [0.25, 0.3) is 0 Å². The van der Waals surface area contributed by atoms with E-state index in [0.29, 0.717) is 0 Å². The monoisotopic (exact) mass is 340 g/mol. The molecule has 21 heavy (non-hydrogen) atoms. The Morgan fingerprint density at radius 2 is 1.48 bits per heavy atom. The van der Waals surface area contributed by atoms with Gasteiger partial charge in [-0.3, -0.25) is 0 Å². The lowest BCUT2D eigenvalue weighted by Crippen LogP contribution is -2.56. The Labute approximate surface area is 122 Å². The molecule has 120 valence electrons. The lowest BCUT2D eigenvalue weighted by Gasteiger charge is -2.28. The molecule has 1 aromatic rings. The molecule has 0 amide bonds. The van der Waals surface area contributed by atoms with Crippen LogP contribution in [-0.4, -0.2) is 57.5 Å². The second-order valence-electron chi connectivity index (χ2n) is 4.38. The van der Waals surface area contributed by atoms with E-state index in [0.717, 1.165) is 18.2 Å². The van der Waals surface area contributed by atoms with Crippen LogP contribution in [0.1, 0.15) is 0 Å². The lowest BCUT2D eigenvalue weighted by molar-refractivity contribution is 0.0582. The van der Waals surface area contributed by atoms with E-state index in [-0.39, 0.29) is 0 Å². The summed E-state index contributed by atoms with van der Waals surface area (Å²) in [4.78, 5) is -0.846. The SMILES string of the molecule is NS(=O)(=O)c1cccc(S(=O)(=O)NC(CO)(CO)CO)c1. The van der Waals surface area contributed by atoms with Gasteiger partial charge in [-0.05, 0) is 18.2 Å². The quantitative estimate of drug-likeness (QED) is 0.360.